The van der Waals surface area contributed by atoms with Gasteiger partial charge in [0.25, 0.3) is 0 Å². The van der Waals surface area contributed by atoms with E-state index in [1.54, 1.807) is 31.2 Å². The summed E-state index contributed by atoms with van der Waals surface area (Å²) >= 11 is 5.89. The summed E-state index contributed by atoms with van der Waals surface area (Å²) in [5.41, 5.74) is 1.36. The van der Waals surface area contributed by atoms with E-state index >= 15 is 0 Å². The van der Waals surface area contributed by atoms with Gasteiger partial charge in [-0.3, -0.25) is 4.90 Å². The van der Waals surface area contributed by atoms with Gasteiger partial charge >= 0.3 is 12.3 Å². The van der Waals surface area contributed by atoms with Gasteiger partial charge in [-0.2, -0.15) is 13.2 Å². The second kappa shape index (κ2) is 9.92. The van der Waals surface area contributed by atoms with Gasteiger partial charge in [0, 0.05) is 18.7 Å². The summed E-state index contributed by atoms with van der Waals surface area (Å²) in [4.78, 5) is 18.3. The van der Waals surface area contributed by atoms with Crippen LogP contribution in [0.3, 0.4) is 0 Å². The van der Waals surface area contributed by atoms with E-state index in [2.05, 4.69) is 4.98 Å². The minimum absolute atomic E-state index is 0.00347. The molecule has 2 aromatic carbocycles. The van der Waals surface area contributed by atoms with Crippen LogP contribution in [0.1, 0.15) is 30.2 Å². The lowest BCUT2D eigenvalue weighted by Gasteiger charge is -2.50. The van der Waals surface area contributed by atoms with Gasteiger partial charge in [0.2, 0.25) is 5.60 Å². The lowest BCUT2D eigenvalue weighted by molar-refractivity contribution is -0.263. The maximum absolute atomic E-state index is 13.9. The first-order valence-electron chi connectivity index (χ1n) is 11.3. The topological polar surface area (TPSA) is 88.7 Å². The van der Waals surface area contributed by atoms with Gasteiger partial charge in [-0.05, 0) is 54.8 Å². The molecule has 0 radical (unpaired) electrons. The summed E-state index contributed by atoms with van der Waals surface area (Å²) in [6.07, 6.45) is -5.37. The maximum Gasteiger partial charge on any atom is 0.424 e. The molecule has 1 amide bonds. The van der Waals surface area contributed by atoms with Crippen LogP contribution in [0.15, 0.2) is 60.7 Å². The molecular formula is C26H24ClF4N3O3. The summed E-state index contributed by atoms with van der Waals surface area (Å²) in [7, 11) is 0. The minimum atomic E-state index is -5.14. The molecule has 0 spiro atoms. The Labute approximate surface area is 215 Å². The smallest absolute Gasteiger partial charge is 0.424 e. The molecule has 3 aromatic rings. The fourth-order valence-corrected chi connectivity index (χ4v) is 4.35. The quantitative estimate of drug-likeness (QED) is 0.405. The van der Waals surface area contributed by atoms with Crippen LogP contribution < -0.4 is 5.73 Å². The number of pyridine rings is 1. The number of likely N-dealkylation sites (tertiary alicyclic amines) is 1. The highest BCUT2D eigenvalue weighted by Crippen LogP contribution is 2.45. The van der Waals surface area contributed by atoms with Gasteiger partial charge in [0.1, 0.15) is 12.4 Å². The number of amides is 1. The number of nitrogens with zero attached hydrogens (tertiary/aromatic N) is 2. The molecule has 4 rings (SSSR count). The number of alkyl halides is 3. The van der Waals surface area contributed by atoms with Crippen LogP contribution in [0.25, 0.3) is 11.3 Å². The molecule has 1 aliphatic rings. The maximum atomic E-state index is 13.9. The number of nitrogens with two attached hydrogens (primary N) is 1. The number of carbonyl (C=O) groups is 1. The molecule has 0 aliphatic carbocycles. The number of ether oxygens (including phenoxy) is 1. The van der Waals surface area contributed by atoms with Crippen LogP contribution in [0.2, 0.25) is 5.02 Å². The highest BCUT2D eigenvalue weighted by atomic mass is 35.5. The Morgan fingerprint density at radius 1 is 1.19 bits per heavy atom. The Kier molecular flexibility index (Phi) is 7.20. The van der Waals surface area contributed by atoms with Crippen molar-refractivity contribution in [1.82, 2.24) is 9.88 Å². The van der Waals surface area contributed by atoms with E-state index in [-0.39, 0.29) is 28.5 Å². The van der Waals surface area contributed by atoms with Crippen molar-refractivity contribution in [2.45, 2.75) is 37.3 Å². The Bertz CT molecular complexity index is 1310. The molecular weight excluding hydrogens is 514 g/mol. The van der Waals surface area contributed by atoms with Crippen molar-refractivity contribution in [2.75, 3.05) is 13.1 Å². The van der Waals surface area contributed by atoms with Crippen molar-refractivity contribution < 1.29 is 32.2 Å². The first kappa shape index (κ1) is 26.8. The summed E-state index contributed by atoms with van der Waals surface area (Å²) in [5.74, 6) is -0.714. The highest BCUT2D eigenvalue weighted by Gasteiger charge is 2.56. The molecule has 1 saturated heterocycles. The third-order valence-corrected chi connectivity index (χ3v) is 6.98. The van der Waals surface area contributed by atoms with Gasteiger partial charge in [-0.15, -0.1) is 0 Å². The molecule has 196 valence electrons. The second-order valence-electron chi connectivity index (χ2n) is 9.03. The number of rotatable bonds is 6. The van der Waals surface area contributed by atoms with E-state index in [4.69, 9.17) is 22.1 Å². The summed E-state index contributed by atoms with van der Waals surface area (Å²) in [6, 6.07) is 15.2. The van der Waals surface area contributed by atoms with Gasteiger partial charge in [0.15, 0.2) is 0 Å². The molecule has 1 unspecified atom stereocenters. The average molecular weight is 538 g/mol. The normalized spacial score (nSPS) is 19.2. The SMILES string of the molecule is C[C@@]1(c2cc(-c3ccc(F)c(Cl)c3)nc(C(O)(CN)C(F)(F)F)c2)CCN1C(=O)OCc1ccccc1. The monoisotopic (exact) mass is 537 g/mol. The van der Waals surface area contributed by atoms with E-state index in [0.717, 1.165) is 17.7 Å². The number of aliphatic hydroxyl groups is 1. The minimum Gasteiger partial charge on any atom is -0.445 e. The first-order valence-corrected chi connectivity index (χ1v) is 11.7. The van der Waals surface area contributed by atoms with Crippen molar-refractivity contribution in [3.05, 3.63) is 88.3 Å². The largest absolute Gasteiger partial charge is 0.445 e. The summed E-state index contributed by atoms with van der Waals surface area (Å²) in [5, 5.41) is 10.3. The number of carbonyl (C=O) groups excluding carboxylic acids is 1. The fourth-order valence-electron chi connectivity index (χ4n) is 4.17. The average Bonchev–Trinajstić information content (AvgIpc) is 2.87. The zero-order chi connectivity index (χ0) is 27.0. The predicted molar refractivity (Wildman–Crippen MR) is 129 cm³/mol. The van der Waals surface area contributed by atoms with Crippen molar-refractivity contribution in [3.8, 4) is 11.3 Å². The highest BCUT2D eigenvalue weighted by molar-refractivity contribution is 6.31. The van der Waals surface area contributed by atoms with Crippen LogP contribution in [-0.2, 0) is 22.5 Å². The van der Waals surface area contributed by atoms with E-state index in [0.29, 0.717) is 13.0 Å². The molecule has 37 heavy (non-hydrogen) atoms. The molecule has 1 aliphatic heterocycles. The van der Waals surface area contributed by atoms with E-state index in [1.165, 1.54) is 23.1 Å². The van der Waals surface area contributed by atoms with Crippen molar-refractivity contribution in [2.24, 2.45) is 5.73 Å². The molecule has 3 N–H and O–H groups in total. The van der Waals surface area contributed by atoms with E-state index < -0.39 is 41.5 Å². The van der Waals surface area contributed by atoms with Crippen molar-refractivity contribution in [3.63, 3.8) is 0 Å². The lowest BCUT2D eigenvalue weighted by Crippen LogP contribution is -2.58. The Morgan fingerprint density at radius 3 is 2.46 bits per heavy atom. The zero-order valence-corrected chi connectivity index (χ0v) is 20.5. The van der Waals surface area contributed by atoms with Crippen LogP contribution in [0, 0.1) is 5.82 Å². The van der Waals surface area contributed by atoms with Crippen LogP contribution in [-0.4, -0.2) is 40.3 Å². The number of halogens is 5. The van der Waals surface area contributed by atoms with Crippen LogP contribution in [0.4, 0.5) is 22.4 Å². The Hall–Kier alpha value is -3.21. The van der Waals surface area contributed by atoms with E-state index in [1.807, 2.05) is 6.07 Å². The summed E-state index contributed by atoms with van der Waals surface area (Å²) in [6.45, 7) is 0.820. The number of benzene rings is 2. The van der Waals surface area contributed by atoms with Gasteiger partial charge in [-0.25, -0.2) is 14.2 Å². The standard InChI is InChI=1S/C26H24ClF4N3O3/c1-24(9-10-34(24)23(35)37-14-16-5-3-2-4-6-16)18-12-21(17-7-8-20(28)19(27)11-17)33-22(13-18)25(36,15-32)26(29,30)31/h2-8,11-13,36H,9-10,14-15,32H2,1H3/t24-,25?/m0/s1. The lowest BCUT2D eigenvalue weighted by atomic mass is 9.79. The van der Waals surface area contributed by atoms with Gasteiger partial charge < -0.3 is 15.6 Å². The molecule has 11 heteroatoms. The predicted octanol–water partition coefficient (Wildman–Crippen LogP) is 5.51. The van der Waals surface area contributed by atoms with Crippen LogP contribution >= 0.6 is 11.6 Å². The second-order valence-corrected chi connectivity index (χ2v) is 9.44. The van der Waals surface area contributed by atoms with Gasteiger partial charge in [-0.1, -0.05) is 41.9 Å². The number of aromatic nitrogens is 1. The van der Waals surface area contributed by atoms with Crippen molar-refractivity contribution >= 4 is 17.7 Å². The Morgan fingerprint density at radius 2 is 1.89 bits per heavy atom. The van der Waals surface area contributed by atoms with Crippen molar-refractivity contribution in [1.29, 1.82) is 0 Å². The molecule has 2 heterocycles. The third-order valence-electron chi connectivity index (χ3n) is 6.69. The number of hydrogen-bond donors (Lipinski definition) is 2. The third kappa shape index (κ3) is 5.01. The molecule has 0 saturated carbocycles. The van der Waals surface area contributed by atoms with Gasteiger partial charge in [0.05, 0.1) is 21.9 Å². The number of hydrogen-bond acceptors (Lipinski definition) is 5. The molecule has 6 nitrogen and oxygen atoms in total. The van der Waals surface area contributed by atoms with Crippen LogP contribution in [0.5, 0.6) is 0 Å². The van der Waals surface area contributed by atoms with E-state index in [9.17, 15) is 27.5 Å². The summed E-state index contributed by atoms with van der Waals surface area (Å²) < 4.78 is 60.9. The molecule has 1 aromatic heterocycles. The fraction of sp³-hybridized carbons (Fsp3) is 0.308. The molecule has 0 bridgehead atoms. The molecule has 2 atom stereocenters. The zero-order valence-electron chi connectivity index (χ0n) is 19.7. The molecule has 1 fully saturated rings. The first-order chi connectivity index (χ1) is 17.4. The Balaban J connectivity index is 1.75.